The first kappa shape index (κ1) is 39.2. The summed E-state index contributed by atoms with van der Waals surface area (Å²) >= 11 is 0. The predicted octanol–water partition coefficient (Wildman–Crippen LogP) is 12.0. The SMILES string of the molecule is C=C=C(C)C=C.CC.CCC=C(C(C)C1CCc2ccccc21)N(CCC)CC1(C)CC1.CF.Cc1ccc(C)cc1. The molecule has 0 amide bonds. The van der Waals surface area contributed by atoms with Gasteiger partial charge in [0.1, 0.15) is 0 Å². The number of hydrogen-bond donors (Lipinski definition) is 0. The van der Waals surface area contributed by atoms with E-state index in [2.05, 4.69) is 120 Å². The van der Waals surface area contributed by atoms with Gasteiger partial charge in [0.25, 0.3) is 0 Å². The Morgan fingerprint density at radius 3 is 2.02 bits per heavy atom. The highest BCUT2D eigenvalue weighted by atomic mass is 19.1. The van der Waals surface area contributed by atoms with Gasteiger partial charge < -0.3 is 4.90 Å². The Labute approximate surface area is 260 Å². The zero-order valence-corrected chi connectivity index (χ0v) is 28.8. The van der Waals surface area contributed by atoms with Gasteiger partial charge in [-0.3, -0.25) is 4.39 Å². The van der Waals surface area contributed by atoms with Crippen molar-refractivity contribution in [3.8, 4) is 0 Å². The van der Waals surface area contributed by atoms with Crippen molar-refractivity contribution >= 4 is 0 Å². The van der Waals surface area contributed by atoms with Crippen molar-refractivity contribution in [3.63, 3.8) is 0 Å². The lowest BCUT2D eigenvalue weighted by atomic mass is 9.85. The summed E-state index contributed by atoms with van der Waals surface area (Å²) in [6.07, 6.45) is 12.0. The molecule has 2 aliphatic rings. The molecular weight excluding hydrogens is 513 g/mol. The average molecular weight is 576 g/mol. The molecule has 2 atom stereocenters. The minimum atomic E-state index is 0.500. The van der Waals surface area contributed by atoms with Crippen LogP contribution < -0.4 is 0 Å². The van der Waals surface area contributed by atoms with E-state index in [-0.39, 0.29) is 0 Å². The van der Waals surface area contributed by atoms with Gasteiger partial charge >= 0.3 is 0 Å². The number of allylic oxidation sites excluding steroid dienone is 4. The van der Waals surface area contributed by atoms with Crippen molar-refractivity contribution in [1.82, 2.24) is 4.90 Å². The molecule has 0 aliphatic heterocycles. The Morgan fingerprint density at radius 1 is 1.05 bits per heavy atom. The summed E-state index contributed by atoms with van der Waals surface area (Å²) in [7, 11) is 0.500. The van der Waals surface area contributed by atoms with Gasteiger partial charge in [0.15, 0.2) is 0 Å². The maximum absolute atomic E-state index is 9.50. The monoisotopic (exact) mass is 575 g/mol. The van der Waals surface area contributed by atoms with Crippen LogP contribution in [0.15, 0.2) is 90.8 Å². The lowest BCUT2D eigenvalue weighted by Gasteiger charge is -2.36. The summed E-state index contributed by atoms with van der Waals surface area (Å²) in [5.41, 5.74) is 11.7. The Morgan fingerprint density at radius 2 is 1.60 bits per heavy atom. The lowest BCUT2D eigenvalue weighted by molar-refractivity contribution is 0.246. The van der Waals surface area contributed by atoms with Gasteiger partial charge in [-0.15, -0.1) is 5.73 Å². The number of nitrogens with zero attached hydrogens (tertiary/aromatic N) is 1. The molecule has 2 unspecified atom stereocenters. The lowest BCUT2D eigenvalue weighted by Crippen LogP contribution is -2.33. The molecule has 0 radical (unpaired) electrons. The third kappa shape index (κ3) is 13.9. The highest BCUT2D eigenvalue weighted by Gasteiger charge is 2.40. The Bertz CT molecular complexity index is 1060. The molecule has 4 rings (SSSR count). The van der Waals surface area contributed by atoms with Crippen LogP contribution in [0.5, 0.6) is 0 Å². The molecule has 1 fully saturated rings. The van der Waals surface area contributed by atoms with Crippen molar-refractivity contribution in [1.29, 1.82) is 0 Å². The quantitative estimate of drug-likeness (QED) is 0.212. The van der Waals surface area contributed by atoms with Crippen molar-refractivity contribution in [2.45, 2.75) is 107 Å². The van der Waals surface area contributed by atoms with E-state index in [1.54, 1.807) is 22.9 Å². The summed E-state index contributed by atoms with van der Waals surface area (Å²) < 4.78 is 9.50. The fourth-order valence-corrected chi connectivity index (χ4v) is 5.24. The molecule has 0 bridgehead atoms. The normalized spacial score (nSPS) is 16.1. The second-order valence-electron chi connectivity index (χ2n) is 11.6. The molecule has 2 aliphatic carbocycles. The van der Waals surface area contributed by atoms with Crippen LogP contribution in [0.1, 0.15) is 109 Å². The third-order valence-electron chi connectivity index (χ3n) is 8.00. The highest BCUT2D eigenvalue weighted by molar-refractivity contribution is 5.36. The third-order valence-corrected chi connectivity index (χ3v) is 8.00. The maximum Gasteiger partial charge on any atom is 0.0785 e. The van der Waals surface area contributed by atoms with E-state index >= 15 is 0 Å². The zero-order chi connectivity index (χ0) is 32.1. The first-order valence-corrected chi connectivity index (χ1v) is 16.1. The number of alkyl halides is 1. The fraction of sp³-hybridized carbons (Fsp3) is 0.525. The molecule has 0 spiro atoms. The second kappa shape index (κ2) is 21.8. The average Bonchev–Trinajstić information content (AvgIpc) is 3.59. The van der Waals surface area contributed by atoms with Crippen LogP contribution in [0.2, 0.25) is 0 Å². The molecule has 0 saturated heterocycles. The van der Waals surface area contributed by atoms with E-state index in [0.717, 1.165) is 12.0 Å². The van der Waals surface area contributed by atoms with Gasteiger partial charge in [-0.25, -0.2) is 0 Å². The van der Waals surface area contributed by atoms with Crippen LogP contribution in [-0.4, -0.2) is 25.2 Å². The van der Waals surface area contributed by atoms with Crippen molar-refractivity contribution in [2.24, 2.45) is 11.3 Å². The molecule has 2 heteroatoms. The van der Waals surface area contributed by atoms with E-state index < -0.39 is 0 Å². The van der Waals surface area contributed by atoms with Gasteiger partial charge in [-0.1, -0.05) is 127 Å². The molecule has 1 saturated carbocycles. The van der Waals surface area contributed by atoms with Crippen LogP contribution in [0, 0.1) is 25.2 Å². The van der Waals surface area contributed by atoms with E-state index in [1.807, 2.05) is 20.8 Å². The summed E-state index contributed by atoms with van der Waals surface area (Å²) in [5, 5.41) is 0. The summed E-state index contributed by atoms with van der Waals surface area (Å²) in [5.74, 6) is 1.33. The molecule has 0 heterocycles. The summed E-state index contributed by atoms with van der Waals surface area (Å²) in [6, 6.07) is 17.6. The largest absolute Gasteiger partial charge is 0.374 e. The van der Waals surface area contributed by atoms with Gasteiger partial charge in [0.2, 0.25) is 0 Å². The Kier molecular flexibility index (Phi) is 20.3. The number of fused-ring (bicyclic) bond motifs is 1. The number of halogens is 1. The van der Waals surface area contributed by atoms with Crippen LogP contribution in [-0.2, 0) is 6.42 Å². The minimum absolute atomic E-state index is 0.500. The van der Waals surface area contributed by atoms with Crippen LogP contribution in [0.4, 0.5) is 4.39 Å². The van der Waals surface area contributed by atoms with Crippen molar-refractivity contribution in [3.05, 3.63) is 113 Å². The number of aryl methyl sites for hydroxylation is 3. The molecule has 2 aromatic carbocycles. The van der Waals surface area contributed by atoms with Gasteiger partial charge in [-0.2, -0.15) is 0 Å². The van der Waals surface area contributed by atoms with Crippen molar-refractivity contribution < 1.29 is 4.39 Å². The van der Waals surface area contributed by atoms with Gasteiger partial charge in [-0.05, 0) is 87.3 Å². The number of rotatable bonds is 9. The number of benzene rings is 2. The van der Waals surface area contributed by atoms with E-state index in [1.165, 1.54) is 56.3 Å². The summed E-state index contributed by atoms with van der Waals surface area (Å²) in [4.78, 5) is 2.74. The standard InChI is InChI=1S/C23H35N.C8H10.C6H8.C2H6.CH3F/c1-5-9-22(24(16-6-2)17-23(4)14-15-23)18(3)20-13-12-19-10-7-8-11-21(19)20;1-7-3-5-8(2)6-4-7;1-4-6(3)5-2;2*1-2/h7-11,18,20H,5-6,12-17H2,1-4H3;3-6H,1-2H3;4H,1-2H2,3H3;1-2H3;1H3. The maximum atomic E-state index is 9.50. The molecule has 0 N–H and O–H groups in total. The van der Waals surface area contributed by atoms with Gasteiger partial charge in [0.05, 0.1) is 7.18 Å². The van der Waals surface area contributed by atoms with Crippen LogP contribution >= 0.6 is 0 Å². The first-order chi connectivity index (χ1) is 20.2. The van der Waals surface area contributed by atoms with Crippen molar-refractivity contribution in [2.75, 3.05) is 20.3 Å². The van der Waals surface area contributed by atoms with E-state index in [9.17, 15) is 4.39 Å². The van der Waals surface area contributed by atoms with E-state index in [0.29, 0.717) is 24.4 Å². The second-order valence-corrected chi connectivity index (χ2v) is 11.6. The van der Waals surface area contributed by atoms with Crippen LogP contribution in [0.25, 0.3) is 0 Å². The topological polar surface area (TPSA) is 3.24 Å². The smallest absolute Gasteiger partial charge is 0.0785 e. The molecule has 234 valence electrons. The Balaban J connectivity index is 0.000000766. The molecule has 42 heavy (non-hydrogen) atoms. The highest BCUT2D eigenvalue weighted by Crippen LogP contribution is 2.48. The van der Waals surface area contributed by atoms with Crippen LogP contribution in [0.3, 0.4) is 0 Å². The minimum Gasteiger partial charge on any atom is -0.374 e. The first-order valence-electron chi connectivity index (χ1n) is 16.1. The summed E-state index contributed by atoms with van der Waals surface area (Å²) in [6.45, 7) is 29.0. The Hall–Kier alpha value is -2.83. The zero-order valence-electron chi connectivity index (χ0n) is 28.8. The van der Waals surface area contributed by atoms with E-state index in [4.69, 9.17) is 0 Å². The number of hydrogen-bond acceptors (Lipinski definition) is 1. The predicted molar refractivity (Wildman–Crippen MR) is 187 cm³/mol. The van der Waals surface area contributed by atoms with Gasteiger partial charge in [0, 0.05) is 24.7 Å². The fourth-order valence-electron chi connectivity index (χ4n) is 5.24. The molecule has 0 aromatic heterocycles. The molecule has 1 nitrogen and oxygen atoms in total. The molecule has 2 aromatic rings. The molecular formula is C40H62FN.